The second-order valence-electron chi connectivity index (χ2n) is 11.9. The van der Waals surface area contributed by atoms with Crippen LogP contribution in [-0.2, 0) is 6.42 Å². The van der Waals surface area contributed by atoms with Crippen molar-refractivity contribution in [3.8, 4) is 11.1 Å². The van der Waals surface area contributed by atoms with E-state index in [1.165, 1.54) is 66.4 Å². The predicted molar refractivity (Wildman–Crippen MR) is 173 cm³/mol. The fourth-order valence-corrected chi connectivity index (χ4v) is 7.49. The van der Waals surface area contributed by atoms with Gasteiger partial charge in [0.1, 0.15) is 0 Å². The predicted octanol–water partition coefficient (Wildman–Crippen LogP) is 11.4. The van der Waals surface area contributed by atoms with Gasteiger partial charge in [-0.2, -0.15) is 0 Å². The first-order chi connectivity index (χ1) is 19.5. The van der Waals surface area contributed by atoms with Gasteiger partial charge in [0.2, 0.25) is 0 Å². The largest absolute Gasteiger partial charge is 0.0648 e. The Morgan fingerprint density at radius 2 is 1.15 bits per heavy atom. The number of fused-ring (bicyclic) bond motifs is 3. The summed E-state index contributed by atoms with van der Waals surface area (Å²) >= 11 is 0. The van der Waals surface area contributed by atoms with E-state index in [2.05, 4.69) is 139 Å². The molecule has 4 atom stereocenters. The van der Waals surface area contributed by atoms with Crippen molar-refractivity contribution in [3.63, 3.8) is 0 Å². The third-order valence-corrected chi connectivity index (χ3v) is 9.87. The molecule has 202 valence electrons. The SMILES string of the molecule is CCc1ccc(-c2cccc3c2C(C)c2cccc(C(C)c4ccccc4C(C)CC)c2C3C)c2ccccc12. The van der Waals surface area contributed by atoms with Gasteiger partial charge >= 0.3 is 0 Å². The van der Waals surface area contributed by atoms with Crippen molar-refractivity contribution in [1.82, 2.24) is 0 Å². The Morgan fingerprint density at radius 1 is 0.550 bits per heavy atom. The summed E-state index contributed by atoms with van der Waals surface area (Å²) in [6, 6.07) is 36.9. The molecule has 5 aromatic rings. The molecule has 0 heterocycles. The molecule has 0 bridgehead atoms. The lowest BCUT2D eigenvalue weighted by molar-refractivity contribution is 0.706. The summed E-state index contributed by atoms with van der Waals surface area (Å²) in [5.41, 5.74) is 14.7. The topological polar surface area (TPSA) is 0 Å². The van der Waals surface area contributed by atoms with E-state index in [1.54, 1.807) is 0 Å². The Bertz CT molecular complexity index is 1690. The van der Waals surface area contributed by atoms with Crippen LogP contribution in [0, 0.1) is 0 Å². The summed E-state index contributed by atoms with van der Waals surface area (Å²) in [4.78, 5) is 0. The molecule has 6 rings (SSSR count). The smallest absolute Gasteiger partial charge is 0.00731 e. The highest BCUT2D eigenvalue weighted by atomic mass is 14.4. The summed E-state index contributed by atoms with van der Waals surface area (Å²) in [6.07, 6.45) is 2.21. The first-order valence-corrected chi connectivity index (χ1v) is 15.3. The van der Waals surface area contributed by atoms with Crippen LogP contribution in [0.25, 0.3) is 21.9 Å². The molecule has 0 aliphatic heterocycles. The van der Waals surface area contributed by atoms with Crippen molar-refractivity contribution in [2.24, 2.45) is 0 Å². The normalized spacial score (nSPS) is 17.8. The third-order valence-electron chi connectivity index (χ3n) is 9.87. The average molecular weight is 523 g/mol. The zero-order chi connectivity index (χ0) is 28.0. The zero-order valence-corrected chi connectivity index (χ0v) is 25.0. The number of rotatable bonds is 6. The molecule has 0 aromatic heterocycles. The lowest BCUT2D eigenvalue weighted by Crippen LogP contribution is -2.19. The molecule has 1 aliphatic carbocycles. The highest BCUT2D eigenvalue weighted by molar-refractivity contribution is 5.99. The first kappa shape index (κ1) is 26.6. The minimum Gasteiger partial charge on any atom is -0.0648 e. The Labute approximate surface area is 241 Å². The van der Waals surface area contributed by atoms with Crippen LogP contribution >= 0.6 is 0 Å². The van der Waals surface area contributed by atoms with Crippen LogP contribution in [0.2, 0.25) is 0 Å². The third kappa shape index (κ3) is 4.21. The highest BCUT2D eigenvalue weighted by Gasteiger charge is 2.33. The van der Waals surface area contributed by atoms with Gasteiger partial charge in [-0.25, -0.2) is 0 Å². The van der Waals surface area contributed by atoms with E-state index >= 15 is 0 Å². The van der Waals surface area contributed by atoms with E-state index < -0.39 is 0 Å². The van der Waals surface area contributed by atoms with Crippen molar-refractivity contribution in [2.45, 2.75) is 78.1 Å². The molecule has 0 heteroatoms. The molecule has 4 unspecified atom stereocenters. The van der Waals surface area contributed by atoms with E-state index in [-0.39, 0.29) is 0 Å². The molecule has 0 N–H and O–H groups in total. The van der Waals surface area contributed by atoms with Gasteiger partial charge in [-0.15, -0.1) is 0 Å². The second kappa shape index (κ2) is 10.7. The minimum absolute atomic E-state index is 0.332. The van der Waals surface area contributed by atoms with Crippen molar-refractivity contribution in [2.75, 3.05) is 0 Å². The minimum atomic E-state index is 0.332. The lowest BCUT2D eigenvalue weighted by atomic mass is 9.68. The van der Waals surface area contributed by atoms with Gasteiger partial charge in [0.25, 0.3) is 0 Å². The van der Waals surface area contributed by atoms with Gasteiger partial charge in [-0.05, 0) is 85.2 Å². The molecule has 0 saturated carbocycles. The summed E-state index contributed by atoms with van der Waals surface area (Å²) in [6.45, 7) is 14.2. The number of hydrogen-bond acceptors (Lipinski definition) is 0. The molecule has 0 nitrogen and oxygen atoms in total. The van der Waals surface area contributed by atoms with Crippen LogP contribution in [-0.4, -0.2) is 0 Å². The highest BCUT2D eigenvalue weighted by Crippen LogP contribution is 2.50. The van der Waals surface area contributed by atoms with Crippen LogP contribution in [0.1, 0.15) is 116 Å². The van der Waals surface area contributed by atoms with Gasteiger partial charge in [0, 0.05) is 17.8 Å². The van der Waals surface area contributed by atoms with Crippen molar-refractivity contribution in [3.05, 3.63) is 142 Å². The molecular formula is C40H42. The molecule has 0 fully saturated rings. The van der Waals surface area contributed by atoms with E-state index in [0.29, 0.717) is 23.7 Å². The molecule has 1 aliphatic rings. The van der Waals surface area contributed by atoms with E-state index in [4.69, 9.17) is 0 Å². The first-order valence-electron chi connectivity index (χ1n) is 15.3. The van der Waals surface area contributed by atoms with Gasteiger partial charge in [0.05, 0.1) is 0 Å². The number of benzene rings is 5. The van der Waals surface area contributed by atoms with Crippen LogP contribution < -0.4 is 0 Å². The molecular weight excluding hydrogens is 480 g/mol. The molecule has 0 spiro atoms. The maximum Gasteiger partial charge on any atom is 0.00731 e. The van der Waals surface area contributed by atoms with Crippen LogP contribution in [0.5, 0.6) is 0 Å². The van der Waals surface area contributed by atoms with Gasteiger partial charge in [0.15, 0.2) is 0 Å². The summed E-state index contributed by atoms with van der Waals surface area (Å²) in [5.74, 6) is 1.59. The quantitative estimate of drug-likeness (QED) is 0.208. The molecule has 0 radical (unpaired) electrons. The molecule has 5 aromatic carbocycles. The number of aryl methyl sites for hydroxylation is 1. The lowest BCUT2D eigenvalue weighted by Gasteiger charge is -2.36. The summed E-state index contributed by atoms with van der Waals surface area (Å²) in [5, 5.41) is 2.75. The Kier molecular flexibility index (Phi) is 7.13. The van der Waals surface area contributed by atoms with Crippen molar-refractivity contribution >= 4 is 10.8 Å². The van der Waals surface area contributed by atoms with Gasteiger partial charge < -0.3 is 0 Å². The van der Waals surface area contributed by atoms with Gasteiger partial charge in [-0.3, -0.25) is 0 Å². The van der Waals surface area contributed by atoms with Crippen LogP contribution in [0.15, 0.2) is 97.1 Å². The Morgan fingerprint density at radius 3 is 1.88 bits per heavy atom. The molecule has 0 amide bonds. The Balaban J connectivity index is 1.51. The maximum atomic E-state index is 2.43. The van der Waals surface area contributed by atoms with E-state index in [0.717, 1.165) is 12.8 Å². The number of hydrogen-bond donors (Lipinski definition) is 0. The second-order valence-corrected chi connectivity index (χ2v) is 11.9. The van der Waals surface area contributed by atoms with E-state index in [1.807, 2.05) is 0 Å². The maximum absolute atomic E-state index is 2.43. The zero-order valence-electron chi connectivity index (χ0n) is 25.0. The van der Waals surface area contributed by atoms with Crippen molar-refractivity contribution < 1.29 is 0 Å². The summed E-state index contributed by atoms with van der Waals surface area (Å²) < 4.78 is 0. The van der Waals surface area contributed by atoms with Crippen LogP contribution in [0.4, 0.5) is 0 Å². The van der Waals surface area contributed by atoms with Crippen molar-refractivity contribution in [1.29, 1.82) is 0 Å². The monoisotopic (exact) mass is 522 g/mol. The van der Waals surface area contributed by atoms with Crippen LogP contribution in [0.3, 0.4) is 0 Å². The standard InChI is InChI=1S/C40H42/c1-7-25(3)30-15-9-10-16-31(30)26(4)32-19-13-20-33-28(6)40-34(27(5)39(32)33)21-14-22-38(40)37-24-23-29(8-2)35-17-11-12-18-36(35)37/h9-28H,7-8H2,1-6H3. The fourth-order valence-electron chi connectivity index (χ4n) is 7.49. The summed E-state index contributed by atoms with van der Waals surface area (Å²) in [7, 11) is 0. The Hall–Kier alpha value is -3.64. The molecule has 40 heavy (non-hydrogen) atoms. The van der Waals surface area contributed by atoms with Gasteiger partial charge in [-0.1, -0.05) is 139 Å². The fraction of sp³-hybridized carbons (Fsp3) is 0.300. The average Bonchev–Trinajstić information content (AvgIpc) is 3.01. The molecule has 0 saturated heterocycles. The van der Waals surface area contributed by atoms with E-state index in [9.17, 15) is 0 Å².